The summed E-state index contributed by atoms with van der Waals surface area (Å²) in [7, 11) is 1.39. The third-order valence-corrected chi connectivity index (χ3v) is 2.46. The molecule has 0 saturated carbocycles. The Morgan fingerprint density at radius 3 is 2.81 bits per heavy atom. The van der Waals surface area contributed by atoms with Gasteiger partial charge < -0.3 is 10.5 Å². The molecule has 0 aliphatic heterocycles. The molecule has 0 radical (unpaired) electrons. The lowest BCUT2D eigenvalue weighted by Gasteiger charge is -2.07. The van der Waals surface area contributed by atoms with Gasteiger partial charge in [-0.3, -0.25) is 5.10 Å². The molecule has 0 amide bonds. The Morgan fingerprint density at radius 1 is 1.50 bits per heavy atom. The Morgan fingerprint density at radius 2 is 2.25 bits per heavy atom. The predicted octanol–water partition coefficient (Wildman–Crippen LogP) is 2.46. The quantitative estimate of drug-likeness (QED) is 0.849. The number of nitrogens with one attached hydrogen (secondary N) is 1. The van der Waals surface area contributed by atoms with E-state index in [1.54, 1.807) is 6.07 Å². The van der Waals surface area contributed by atoms with Gasteiger partial charge in [0.1, 0.15) is 5.82 Å². The average molecular weight is 242 g/mol. The smallest absolute Gasteiger partial charge is 0.175 e. The minimum Gasteiger partial charge on any atom is -0.494 e. The van der Waals surface area contributed by atoms with E-state index in [-0.39, 0.29) is 22.2 Å². The van der Waals surface area contributed by atoms with Crippen LogP contribution in [0.5, 0.6) is 5.75 Å². The van der Waals surface area contributed by atoms with Crippen molar-refractivity contribution in [1.29, 1.82) is 0 Å². The van der Waals surface area contributed by atoms with Crippen molar-refractivity contribution in [3.05, 3.63) is 29.0 Å². The maximum atomic E-state index is 13.9. The second-order valence-corrected chi connectivity index (χ2v) is 3.55. The third kappa shape index (κ3) is 1.69. The van der Waals surface area contributed by atoms with Gasteiger partial charge in [0.15, 0.2) is 11.6 Å². The number of hydrogen-bond donors (Lipinski definition) is 2. The third-order valence-electron chi connectivity index (χ3n) is 2.14. The Hall–Kier alpha value is -1.75. The van der Waals surface area contributed by atoms with Crippen LogP contribution in [0.25, 0.3) is 11.3 Å². The average Bonchev–Trinajstić information content (AvgIpc) is 2.65. The number of benzene rings is 1. The zero-order valence-corrected chi connectivity index (χ0v) is 9.18. The van der Waals surface area contributed by atoms with E-state index in [0.29, 0.717) is 5.69 Å². The number of anilines is 1. The number of aromatic nitrogens is 2. The number of hydrogen-bond acceptors (Lipinski definition) is 3. The molecule has 84 valence electrons. The molecule has 1 aromatic heterocycles. The molecule has 4 nitrogen and oxygen atoms in total. The maximum absolute atomic E-state index is 13.9. The van der Waals surface area contributed by atoms with Gasteiger partial charge in [-0.1, -0.05) is 11.6 Å². The van der Waals surface area contributed by atoms with Gasteiger partial charge in [0.25, 0.3) is 0 Å². The first kappa shape index (κ1) is 10.8. The van der Waals surface area contributed by atoms with E-state index in [4.69, 9.17) is 22.1 Å². The van der Waals surface area contributed by atoms with E-state index < -0.39 is 5.82 Å². The zero-order chi connectivity index (χ0) is 11.7. The molecule has 1 aromatic carbocycles. The fraction of sp³-hybridized carbons (Fsp3) is 0.100. The first-order chi connectivity index (χ1) is 7.63. The minimum atomic E-state index is -0.543. The van der Waals surface area contributed by atoms with Gasteiger partial charge in [-0.25, -0.2) is 4.39 Å². The number of aromatic amines is 1. The van der Waals surface area contributed by atoms with Gasteiger partial charge in [0, 0.05) is 6.07 Å². The first-order valence-corrected chi connectivity index (χ1v) is 4.84. The number of methoxy groups -OCH3 is 1. The summed E-state index contributed by atoms with van der Waals surface area (Å²) in [6.07, 6.45) is 0. The molecule has 0 aliphatic rings. The lowest BCUT2D eigenvalue weighted by molar-refractivity contribution is 0.387. The topological polar surface area (TPSA) is 63.9 Å². The van der Waals surface area contributed by atoms with Gasteiger partial charge in [-0.2, -0.15) is 5.10 Å². The number of H-pyrrole nitrogens is 1. The molecular weight excluding hydrogens is 233 g/mol. The Bertz CT molecular complexity index is 527. The first-order valence-electron chi connectivity index (χ1n) is 4.46. The Labute approximate surface area is 96.2 Å². The number of nitrogens with zero attached hydrogens (tertiary/aromatic N) is 1. The maximum Gasteiger partial charge on any atom is 0.175 e. The van der Waals surface area contributed by atoms with Crippen LogP contribution in [-0.2, 0) is 0 Å². The Kier molecular flexibility index (Phi) is 2.70. The van der Waals surface area contributed by atoms with Gasteiger partial charge in [0.2, 0.25) is 0 Å². The monoisotopic (exact) mass is 241 g/mol. The van der Waals surface area contributed by atoms with Crippen molar-refractivity contribution in [3.63, 3.8) is 0 Å². The molecule has 16 heavy (non-hydrogen) atoms. The summed E-state index contributed by atoms with van der Waals surface area (Å²) in [4.78, 5) is 0. The standard InChI is InChI=1S/C10H9ClFN3O/c1-16-7-3-2-5(11)9(10(7)12)6-4-8(13)15-14-6/h2-4H,1H3,(H3,13,14,15). The Balaban J connectivity index is 2.63. The molecule has 1 heterocycles. The van der Waals surface area contributed by atoms with E-state index in [1.807, 2.05) is 0 Å². The van der Waals surface area contributed by atoms with Crippen LogP contribution in [0, 0.1) is 5.82 Å². The number of halogens is 2. The van der Waals surface area contributed by atoms with Gasteiger partial charge in [0.05, 0.1) is 23.4 Å². The van der Waals surface area contributed by atoms with Gasteiger partial charge >= 0.3 is 0 Å². The molecule has 3 N–H and O–H groups in total. The summed E-state index contributed by atoms with van der Waals surface area (Å²) in [5.74, 6) is -0.153. The van der Waals surface area contributed by atoms with E-state index in [0.717, 1.165) is 0 Å². The summed E-state index contributed by atoms with van der Waals surface area (Å²) in [6.45, 7) is 0. The van der Waals surface area contributed by atoms with Crippen LogP contribution >= 0.6 is 11.6 Å². The molecule has 0 bridgehead atoms. The highest BCUT2D eigenvalue weighted by molar-refractivity contribution is 6.33. The lowest BCUT2D eigenvalue weighted by atomic mass is 10.1. The molecule has 0 atom stereocenters. The van der Waals surface area contributed by atoms with Crippen molar-refractivity contribution in [1.82, 2.24) is 10.2 Å². The molecule has 0 unspecified atom stereocenters. The van der Waals surface area contributed by atoms with Crippen molar-refractivity contribution in [2.75, 3.05) is 12.8 Å². The fourth-order valence-corrected chi connectivity index (χ4v) is 1.65. The summed E-state index contributed by atoms with van der Waals surface area (Å²) in [6, 6.07) is 4.51. The van der Waals surface area contributed by atoms with Crippen molar-refractivity contribution in [2.45, 2.75) is 0 Å². The van der Waals surface area contributed by atoms with Crippen LogP contribution < -0.4 is 10.5 Å². The largest absolute Gasteiger partial charge is 0.494 e. The number of nitrogen functional groups attached to an aromatic ring is 1. The highest BCUT2D eigenvalue weighted by atomic mass is 35.5. The van der Waals surface area contributed by atoms with Crippen molar-refractivity contribution < 1.29 is 9.13 Å². The molecule has 0 spiro atoms. The summed E-state index contributed by atoms with van der Waals surface area (Å²) < 4.78 is 18.8. The molecule has 2 aromatic rings. The normalized spacial score (nSPS) is 10.4. The zero-order valence-electron chi connectivity index (χ0n) is 8.42. The minimum absolute atomic E-state index is 0.118. The highest BCUT2D eigenvalue weighted by Crippen LogP contribution is 2.34. The van der Waals surface area contributed by atoms with Crippen LogP contribution in [-0.4, -0.2) is 17.3 Å². The molecular formula is C10H9ClFN3O. The van der Waals surface area contributed by atoms with Crippen LogP contribution in [0.1, 0.15) is 0 Å². The van der Waals surface area contributed by atoms with Crippen LogP contribution in [0.15, 0.2) is 18.2 Å². The fourth-order valence-electron chi connectivity index (χ4n) is 1.40. The van der Waals surface area contributed by atoms with Crippen LogP contribution in [0.3, 0.4) is 0 Å². The van der Waals surface area contributed by atoms with Crippen LogP contribution in [0.4, 0.5) is 10.2 Å². The predicted molar refractivity (Wildman–Crippen MR) is 60.0 cm³/mol. The van der Waals surface area contributed by atoms with Gasteiger partial charge in [-0.15, -0.1) is 0 Å². The second-order valence-electron chi connectivity index (χ2n) is 3.15. The molecule has 2 rings (SSSR count). The highest BCUT2D eigenvalue weighted by Gasteiger charge is 2.16. The van der Waals surface area contributed by atoms with Crippen LogP contribution in [0.2, 0.25) is 5.02 Å². The van der Waals surface area contributed by atoms with E-state index in [1.165, 1.54) is 19.2 Å². The number of ether oxygens (including phenoxy) is 1. The van der Waals surface area contributed by atoms with Crippen molar-refractivity contribution in [3.8, 4) is 17.0 Å². The van der Waals surface area contributed by atoms with Crippen molar-refractivity contribution >= 4 is 17.4 Å². The van der Waals surface area contributed by atoms with E-state index in [2.05, 4.69) is 10.2 Å². The summed E-state index contributed by atoms with van der Waals surface area (Å²) in [5.41, 5.74) is 6.06. The SMILES string of the molecule is COc1ccc(Cl)c(-c2cc(N)n[nH]2)c1F. The van der Waals surface area contributed by atoms with Crippen molar-refractivity contribution in [2.24, 2.45) is 0 Å². The molecule has 0 saturated heterocycles. The lowest BCUT2D eigenvalue weighted by Crippen LogP contribution is -1.92. The molecule has 6 heteroatoms. The number of rotatable bonds is 2. The molecule has 0 aliphatic carbocycles. The summed E-state index contributed by atoms with van der Waals surface area (Å²) in [5, 5.41) is 6.58. The van der Waals surface area contributed by atoms with E-state index in [9.17, 15) is 4.39 Å². The summed E-state index contributed by atoms with van der Waals surface area (Å²) >= 11 is 5.92. The molecule has 0 fully saturated rings. The second kappa shape index (κ2) is 4.02. The van der Waals surface area contributed by atoms with E-state index >= 15 is 0 Å². The van der Waals surface area contributed by atoms with Gasteiger partial charge in [-0.05, 0) is 12.1 Å². The number of nitrogens with two attached hydrogens (primary N) is 1.